The second-order valence-electron chi connectivity index (χ2n) is 6.37. The summed E-state index contributed by atoms with van der Waals surface area (Å²) < 4.78 is 5.19. The Morgan fingerprint density at radius 1 is 1.41 bits per heavy atom. The number of likely N-dealkylation sites (tertiary alicyclic amines) is 1. The summed E-state index contributed by atoms with van der Waals surface area (Å²) >= 11 is 0. The Balaban J connectivity index is 2.00. The highest BCUT2D eigenvalue weighted by Gasteiger charge is 2.26. The predicted molar refractivity (Wildman–Crippen MR) is 89.3 cm³/mol. The number of methoxy groups -OCH3 is 1. The van der Waals surface area contributed by atoms with E-state index in [1.54, 1.807) is 7.11 Å². The lowest BCUT2D eigenvalue weighted by Gasteiger charge is -2.26. The number of benzene rings is 1. The number of carbonyl (C=O) groups excluding carboxylic acids is 1. The van der Waals surface area contributed by atoms with Crippen molar-refractivity contribution >= 4 is 5.91 Å². The zero-order chi connectivity index (χ0) is 16.1. The van der Waals surface area contributed by atoms with Crippen molar-refractivity contribution < 1.29 is 9.53 Å². The fourth-order valence-corrected chi connectivity index (χ4v) is 3.31. The maximum Gasteiger partial charge on any atom is 0.229 e. The minimum Gasteiger partial charge on any atom is -0.497 e. The molecule has 4 nitrogen and oxygen atoms in total. The Bertz CT molecular complexity index is 486. The van der Waals surface area contributed by atoms with Gasteiger partial charge in [-0.15, -0.1) is 0 Å². The van der Waals surface area contributed by atoms with E-state index >= 15 is 0 Å². The van der Waals surface area contributed by atoms with Gasteiger partial charge in [0.15, 0.2) is 0 Å². The summed E-state index contributed by atoms with van der Waals surface area (Å²) in [6.45, 7) is 5.17. The maximum absolute atomic E-state index is 12.8. The van der Waals surface area contributed by atoms with Crippen molar-refractivity contribution in [1.82, 2.24) is 9.80 Å². The van der Waals surface area contributed by atoms with Crippen LogP contribution in [0, 0.1) is 5.92 Å². The Hall–Kier alpha value is -1.55. The molecule has 0 unspecified atom stereocenters. The van der Waals surface area contributed by atoms with Gasteiger partial charge >= 0.3 is 0 Å². The molecule has 0 spiro atoms. The van der Waals surface area contributed by atoms with Crippen molar-refractivity contribution in [2.24, 2.45) is 5.92 Å². The first kappa shape index (κ1) is 16.8. The lowest BCUT2D eigenvalue weighted by molar-refractivity contribution is -0.132. The summed E-state index contributed by atoms with van der Waals surface area (Å²) in [6, 6.07) is 7.86. The van der Waals surface area contributed by atoms with Crippen LogP contribution in [0.4, 0.5) is 0 Å². The molecule has 0 saturated carbocycles. The number of amides is 1. The van der Waals surface area contributed by atoms with Gasteiger partial charge in [-0.25, -0.2) is 0 Å². The number of rotatable bonds is 6. The first-order valence-corrected chi connectivity index (χ1v) is 8.12. The van der Waals surface area contributed by atoms with Crippen LogP contribution in [0.5, 0.6) is 5.75 Å². The van der Waals surface area contributed by atoms with E-state index in [1.807, 2.05) is 36.2 Å². The summed E-state index contributed by atoms with van der Waals surface area (Å²) in [4.78, 5) is 17.0. The van der Waals surface area contributed by atoms with E-state index in [9.17, 15) is 4.79 Å². The van der Waals surface area contributed by atoms with Crippen molar-refractivity contribution in [2.45, 2.75) is 25.7 Å². The molecule has 4 heteroatoms. The number of nitrogens with zero attached hydrogens (tertiary/aromatic N) is 2. The van der Waals surface area contributed by atoms with Crippen LogP contribution in [0.1, 0.15) is 31.2 Å². The smallest absolute Gasteiger partial charge is 0.229 e. The van der Waals surface area contributed by atoms with Gasteiger partial charge in [0, 0.05) is 20.1 Å². The van der Waals surface area contributed by atoms with Gasteiger partial charge in [-0.1, -0.05) is 19.1 Å². The fourth-order valence-electron chi connectivity index (χ4n) is 3.31. The molecule has 22 heavy (non-hydrogen) atoms. The van der Waals surface area contributed by atoms with Crippen LogP contribution in [0.3, 0.4) is 0 Å². The quantitative estimate of drug-likeness (QED) is 0.810. The minimum absolute atomic E-state index is 0.0601. The van der Waals surface area contributed by atoms with Crippen LogP contribution < -0.4 is 4.74 Å². The Morgan fingerprint density at radius 2 is 2.09 bits per heavy atom. The van der Waals surface area contributed by atoms with Gasteiger partial charge in [-0.05, 0) is 50.0 Å². The van der Waals surface area contributed by atoms with Crippen molar-refractivity contribution in [3.05, 3.63) is 29.8 Å². The molecule has 0 bridgehead atoms. The molecule has 122 valence electrons. The molecule has 2 rings (SSSR count). The molecule has 0 radical (unpaired) electrons. The second kappa shape index (κ2) is 7.63. The van der Waals surface area contributed by atoms with Gasteiger partial charge in [0.1, 0.15) is 5.75 Å². The zero-order valence-corrected chi connectivity index (χ0v) is 14.2. The number of carbonyl (C=O) groups is 1. The Kier molecular flexibility index (Phi) is 5.83. The van der Waals surface area contributed by atoms with Gasteiger partial charge in [0.05, 0.1) is 13.0 Å². The Morgan fingerprint density at radius 3 is 2.59 bits per heavy atom. The average molecular weight is 304 g/mol. The normalized spacial score (nSPS) is 19.9. The molecule has 1 aliphatic rings. The van der Waals surface area contributed by atoms with Crippen molar-refractivity contribution in [2.75, 3.05) is 40.8 Å². The van der Waals surface area contributed by atoms with E-state index < -0.39 is 0 Å². The molecule has 2 atom stereocenters. The van der Waals surface area contributed by atoms with Crippen LogP contribution in [-0.2, 0) is 4.79 Å². The van der Waals surface area contributed by atoms with E-state index in [0.29, 0.717) is 5.92 Å². The van der Waals surface area contributed by atoms with Gasteiger partial charge in [0.2, 0.25) is 5.91 Å². The summed E-state index contributed by atoms with van der Waals surface area (Å²) in [5, 5.41) is 0. The topological polar surface area (TPSA) is 32.8 Å². The third kappa shape index (κ3) is 4.01. The highest BCUT2D eigenvalue weighted by atomic mass is 16.5. The lowest BCUT2D eigenvalue weighted by atomic mass is 9.94. The van der Waals surface area contributed by atoms with Crippen LogP contribution in [0.25, 0.3) is 0 Å². The molecular formula is C18H28N2O2. The predicted octanol–water partition coefficient (Wildman–Crippen LogP) is 2.60. The largest absolute Gasteiger partial charge is 0.497 e. The van der Waals surface area contributed by atoms with E-state index in [-0.39, 0.29) is 11.8 Å². The summed E-state index contributed by atoms with van der Waals surface area (Å²) in [5.41, 5.74) is 1.07. The van der Waals surface area contributed by atoms with E-state index in [4.69, 9.17) is 4.74 Å². The van der Waals surface area contributed by atoms with Crippen molar-refractivity contribution in [3.63, 3.8) is 0 Å². The van der Waals surface area contributed by atoms with Crippen molar-refractivity contribution in [3.8, 4) is 5.75 Å². The summed E-state index contributed by atoms with van der Waals surface area (Å²) in [6.07, 6.45) is 2.01. The van der Waals surface area contributed by atoms with E-state index in [0.717, 1.165) is 37.4 Å². The molecular weight excluding hydrogens is 276 g/mol. The van der Waals surface area contributed by atoms with Crippen LogP contribution in [0.2, 0.25) is 0 Å². The van der Waals surface area contributed by atoms with Gasteiger partial charge in [0.25, 0.3) is 0 Å². The highest BCUT2D eigenvalue weighted by Crippen LogP contribution is 2.25. The third-order valence-corrected chi connectivity index (χ3v) is 4.62. The fraction of sp³-hybridized carbons (Fsp3) is 0.611. The molecule has 1 aromatic carbocycles. The monoisotopic (exact) mass is 304 g/mol. The average Bonchev–Trinajstić information content (AvgIpc) is 2.93. The summed E-state index contributed by atoms with van der Waals surface area (Å²) in [5.74, 6) is 1.60. The van der Waals surface area contributed by atoms with Crippen LogP contribution >= 0.6 is 0 Å². The molecule has 1 fully saturated rings. The Labute approximate surface area is 134 Å². The molecule has 1 amide bonds. The molecule has 1 aromatic rings. The lowest BCUT2D eigenvalue weighted by Crippen LogP contribution is -2.36. The summed E-state index contributed by atoms with van der Waals surface area (Å²) in [7, 11) is 5.74. The first-order valence-electron chi connectivity index (χ1n) is 8.12. The number of hydrogen-bond donors (Lipinski definition) is 0. The molecule has 1 aliphatic heterocycles. The number of hydrogen-bond acceptors (Lipinski definition) is 3. The second-order valence-corrected chi connectivity index (χ2v) is 6.37. The SMILES string of the molecule is CC[C@@H](C(=O)N(C)C[C@@H]1CCN(C)C1)c1ccc(OC)cc1. The number of ether oxygens (including phenoxy) is 1. The minimum atomic E-state index is -0.0601. The van der Waals surface area contributed by atoms with E-state index in [1.165, 1.54) is 6.42 Å². The van der Waals surface area contributed by atoms with Crippen molar-refractivity contribution in [1.29, 1.82) is 0 Å². The van der Waals surface area contributed by atoms with Gasteiger partial charge in [-0.3, -0.25) is 4.79 Å². The van der Waals surface area contributed by atoms with Gasteiger partial charge < -0.3 is 14.5 Å². The maximum atomic E-state index is 12.8. The van der Waals surface area contributed by atoms with Crippen LogP contribution in [-0.4, -0.2) is 56.5 Å². The van der Waals surface area contributed by atoms with Gasteiger partial charge in [-0.2, -0.15) is 0 Å². The van der Waals surface area contributed by atoms with Crippen LogP contribution in [0.15, 0.2) is 24.3 Å². The highest BCUT2D eigenvalue weighted by molar-refractivity contribution is 5.83. The molecule has 0 aromatic heterocycles. The molecule has 1 heterocycles. The number of likely N-dealkylation sites (N-methyl/N-ethyl adjacent to an activating group) is 1. The molecule has 1 saturated heterocycles. The standard InChI is InChI=1S/C18H28N2O2/c1-5-17(15-6-8-16(22-4)9-7-15)18(21)20(3)13-14-10-11-19(2)12-14/h6-9,14,17H,5,10-13H2,1-4H3/t14-,17-/m1/s1. The zero-order valence-electron chi connectivity index (χ0n) is 14.2. The first-order chi connectivity index (χ1) is 10.5. The molecule has 0 aliphatic carbocycles. The molecule has 0 N–H and O–H groups in total. The van der Waals surface area contributed by atoms with E-state index in [2.05, 4.69) is 18.9 Å². The third-order valence-electron chi connectivity index (χ3n) is 4.62.